The summed E-state index contributed by atoms with van der Waals surface area (Å²) in [4.78, 5) is 0. The van der Waals surface area contributed by atoms with Crippen molar-refractivity contribution in [1.29, 1.82) is 0 Å². The second-order valence-electron chi connectivity index (χ2n) is 2.98. The lowest BCUT2D eigenvalue weighted by Crippen LogP contribution is -1.93. The van der Waals surface area contributed by atoms with Gasteiger partial charge in [0.1, 0.15) is 12.4 Å². The smallest absolute Gasteiger partial charge is 0.169 e. The fourth-order valence-corrected chi connectivity index (χ4v) is 1.72. The van der Waals surface area contributed by atoms with E-state index < -0.39 is 0 Å². The summed E-state index contributed by atoms with van der Waals surface area (Å²) in [6, 6.07) is 9.23. The third-order valence-corrected chi connectivity index (χ3v) is 2.58. The maximum atomic E-state index is 5.94. The molecule has 4 heteroatoms. The summed E-state index contributed by atoms with van der Waals surface area (Å²) in [7, 11) is 0. The lowest BCUT2D eigenvalue weighted by Gasteiger charge is -2.05. The van der Waals surface area contributed by atoms with Crippen LogP contribution in [0.3, 0.4) is 0 Å². The Bertz CT molecular complexity index is 453. The van der Waals surface area contributed by atoms with Gasteiger partial charge >= 0.3 is 0 Å². The second-order valence-corrected chi connectivity index (χ2v) is 4.17. The summed E-state index contributed by atoms with van der Waals surface area (Å²) >= 11 is 9.16. The van der Waals surface area contributed by atoms with Gasteiger partial charge in [-0.2, -0.15) is 0 Å². The monoisotopic (exact) mass is 286 g/mol. The first-order valence-corrected chi connectivity index (χ1v) is 5.53. The summed E-state index contributed by atoms with van der Waals surface area (Å²) in [5, 5.41) is 0.611. The van der Waals surface area contributed by atoms with Crippen molar-refractivity contribution in [2.75, 3.05) is 0 Å². The Hall–Kier alpha value is -0.930. The van der Waals surface area contributed by atoms with Crippen LogP contribution in [0.5, 0.6) is 5.75 Å². The fraction of sp³-hybridized carbons (Fsp3) is 0.0909. The van der Waals surface area contributed by atoms with Gasteiger partial charge in [-0.25, -0.2) is 0 Å². The largest absolute Gasteiger partial charge is 0.487 e. The van der Waals surface area contributed by atoms with Gasteiger partial charge in [-0.1, -0.05) is 23.7 Å². The molecule has 0 fully saturated rings. The molecule has 1 aromatic heterocycles. The first-order valence-electron chi connectivity index (χ1n) is 4.36. The molecule has 2 aromatic rings. The summed E-state index contributed by atoms with van der Waals surface area (Å²) in [5.74, 6) is 0.677. The molecule has 0 amide bonds. The minimum Gasteiger partial charge on any atom is -0.487 e. The molecular weight excluding hydrogens is 279 g/mol. The van der Waals surface area contributed by atoms with Gasteiger partial charge in [0.05, 0.1) is 11.3 Å². The van der Waals surface area contributed by atoms with E-state index in [2.05, 4.69) is 15.9 Å². The molecule has 0 aliphatic carbocycles. The molecule has 78 valence electrons. The molecule has 0 atom stereocenters. The average Bonchev–Trinajstić information content (AvgIpc) is 2.63. The van der Waals surface area contributed by atoms with Crippen LogP contribution in [-0.2, 0) is 6.61 Å². The molecule has 0 unspecified atom stereocenters. The molecule has 0 spiro atoms. The summed E-state index contributed by atoms with van der Waals surface area (Å²) in [5.41, 5.74) is 0.960. The first-order chi connectivity index (χ1) is 7.25. The third-order valence-electron chi connectivity index (χ3n) is 1.85. The van der Waals surface area contributed by atoms with Gasteiger partial charge in [-0.15, -0.1) is 0 Å². The molecule has 0 bridgehead atoms. The molecule has 1 aromatic carbocycles. The van der Waals surface area contributed by atoms with E-state index in [1.807, 2.05) is 24.3 Å². The van der Waals surface area contributed by atoms with E-state index in [1.54, 1.807) is 12.3 Å². The number of para-hydroxylation sites is 1. The summed E-state index contributed by atoms with van der Waals surface area (Å²) in [6.07, 6.45) is 1.64. The van der Waals surface area contributed by atoms with Crippen LogP contribution in [0.25, 0.3) is 0 Å². The van der Waals surface area contributed by atoms with Crippen molar-refractivity contribution < 1.29 is 9.15 Å². The van der Waals surface area contributed by atoms with Crippen LogP contribution in [0, 0.1) is 0 Å². The molecule has 2 rings (SSSR count). The van der Waals surface area contributed by atoms with Gasteiger partial charge in [0.25, 0.3) is 0 Å². The highest BCUT2D eigenvalue weighted by Gasteiger charge is 2.02. The first kappa shape index (κ1) is 10.6. The summed E-state index contributed by atoms with van der Waals surface area (Å²) < 4.78 is 11.3. The topological polar surface area (TPSA) is 22.4 Å². The normalized spacial score (nSPS) is 10.3. The highest BCUT2D eigenvalue weighted by atomic mass is 79.9. The van der Waals surface area contributed by atoms with Crippen LogP contribution >= 0.6 is 27.5 Å². The van der Waals surface area contributed by atoms with Gasteiger partial charge in [-0.3, -0.25) is 0 Å². The zero-order valence-corrected chi connectivity index (χ0v) is 10.1. The van der Waals surface area contributed by atoms with Crippen molar-refractivity contribution in [1.82, 2.24) is 0 Å². The van der Waals surface area contributed by atoms with Crippen LogP contribution < -0.4 is 4.74 Å². The Morgan fingerprint density at radius 2 is 2.13 bits per heavy atom. The van der Waals surface area contributed by atoms with Crippen molar-refractivity contribution in [3.05, 3.63) is 51.9 Å². The third kappa shape index (κ3) is 2.76. The molecule has 2 nitrogen and oxygen atoms in total. The van der Waals surface area contributed by atoms with E-state index in [9.17, 15) is 0 Å². The van der Waals surface area contributed by atoms with Gasteiger partial charge in [0.15, 0.2) is 4.67 Å². The van der Waals surface area contributed by atoms with E-state index >= 15 is 0 Å². The number of benzene rings is 1. The minimum atomic E-state index is 0.443. The lowest BCUT2D eigenvalue weighted by molar-refractivity contribution is 0.305. The van der Waals surface area contributed by atoms with E-state index in [1.165, 1.54) is 0 Å². The van der Waals surface area contributed by atoms with Gasteiger partial charge in [0.2, 0.25) is 0 Å². The quantitative estimate of drug-likeness (QED) is 0.841. The molecule has 0 aliphatic rings. The highest BCUT2D eigenvalue weighted by molar-refractivity contribution is 9.10. The molecule has 0 aliphatic heterocycles. The average molecular weight is 288 g/mol. The van der Waals surface area contributed by atoms with Crippen molar-refractivity contribution in [3.63, 3.8) is 0 Å². The maximum Gasteiger partial charge on any atom is 0.169 e. The molecule has 1 heterocycles. The molecule has 15 heavy (non-hydrogen) atoms. The standard InChI is InChI=1S/C11H8BrClO2/c12-11-5-8(7-15-11)6-14-10-4-2-1-3-9(10)13/h1-5,7H,6H2. The fourth-order valence-electron chi connectivity index (χ4n) is 1.14. The summed E-state index contributed by atoms with van der Waals surface area (Å²) in [6.45, 7) is 0.443. The zero-order valence-electron chi connectivity index (χ0n) is 7.74. The number of rotatable bonds is 3. The van der Waals surface area contributed by atoms with Crippen molar-refractivity contribution in [2.45, 2.75) is 6.61 Å². The Balaban J connectivity index is 2.02. The van der Waals surface area contributed by atoms with E-state index in [0.29, 0.717) is 22.0 Å². The number of furan rings is 1. The Kier molecular flexibility index (Phi) is 3.34. The van der Waals surface area contributed by atoms with Crippen molar-refractivity contribution >= 4 is 27.5 Å². The number of ether oxygens (including phenoxy) is 1. The van der Waals surface area contributed by atoms with Crippen LogP contribution in [-0.4, -0.2) is 0 Å². The van der Waals surface area contributed by atoms with Gasteiger partial charge in [-0.05, 0) is 34.1 Å². The number of hydrogen-bond donors (Lipinski definition) is 0. The van der Waals surface area contributed by atoms with Gasteiger partial charge < -0.3 is 9.15 Å². The second kappa shape index (κ2) is 4.73. The number of hydrogen-bond acceptors (Lipinski definition) is 2. The van der Waals surface area contributed by atoms with Crippen molar-refractivity contribution in [2.24, 2.45) is 0 Å². The number of halogens is 2. The van der Waals surface area contributed by atoms with E-state index in [4.69, 9.17) is 20.8 Å². The van der Waals surface area contributed by atoms with Crippen molar-refractivity contribution in [3.8, 4) is 5.75 Å². The lowest BCUT2D eigenvalue weighted by atomic mass is 10.3. The SMILES string of the molecule is Clc1ccccc1OCc1coc(Br)c1. The molecule has 0 saturated carbocycles. The molecule has 0 saturated heterocycles. The maximum absolute atomic E-state index is 5.94. The zero-order chi connectivity index (χ0) is 10.7. The Morgan fingerprint density at radius 1 is 1.33 bits per heavy atom. The Labute approximate surface area is 101 Å². The molecular formula is C11H8BrClO2. The van der Waals surface area contributed by atoms with Crippen LogP contribution in [0.4, 0.5) is 0 Å². The van der Waals surface area contributed by atoms with Crippen LogP contribution in [0.2, 0.25) is 5.02 Å². The minimum absolute atomic E-state index is 0.443. The molecule has 0 N–H and O–H groups in total. The van der Waals surface area contributed by atoms with Crippen LogP contribution in [0.1, 0.15) is 5.56 Å². The Morgan fingerprint density at radius 3 is 2.80 bits per heavy atom. The van der Waals surface area contributed by atoms with E-state index in [0.717, 1.165) is 5.56 Å². The predicted molar refractivity (Wildman–Crippen MR) is 62.2 cm³/mol. The van der Waals surface area contributed by atoms with Gasteiger partial charge in [0, 0.05) is 5.56 Å². The van der Waals surface area contributed by atoms with Crippen LogP contribution in [0.15, 0.2) is 45.7 Å². The highest BCUT2D eigenvalue weighted by Crippen LogP contribution is 2.24. The predicted octanol–water partition coefficient (Wildman–Crippen LogP) is 4.27. The van der Waals surface area contributed by atoms with E-state index in [-0.39, 0.29) is 0 Å². The molecule has 0 radical (unpaired) electrons.